The van der Waals surface area contributed by atoms with Gasteiger partial charge in [-0.15, -0.1) is 0 Å². The average Bonchev–Trinajstić information content (AvgIpc) is 2.18. The van der Waals surface area contributed by atoms with Gasteiger partial charge in [0, 0.05) is 5.33 Å². The number of benzene rings is 1. The largest absolute Gasteiger partial charge is 0.0928 e. The Morgan fingerprint density at radius 3 is 2.13 bits per heavy atom. The van der Waals surface area contributed by atoms with Crippen molar-refractivity contribution < 1.29 is 0 Å². The van der Waals surface area contributed by atoms with Crippen molar-refractivity contribution in [2.45, 2.75) is 39.5 Å². The summed E-state index contributed by atoms with van der Waals surface area (Å²) in [5, 5.41) is 1.09. The minimum atomic E-state index is 0.664. The highest BCUT2D eigenvalue weighted by molar-refractivity contribution is 9.09. The molecule has 1 unspecified atom stereocenters. The fourth-order valence-electron chi connectivity index (χ4n) is 1.78. The fraction of sp³-hybridized carbons (Fsp3) is 0.571. The quantitative estimate of drug-likeness (QED) is 0.675. The van der Waals surface area contributed by atoms with Crippen molar-refractivity contribution in [1.82, 2.24) is 0 Å². The maximum absolute atomic E-state index is 3.49. The average molecular weight is 269 g/mol. The van der Waals surface area contributed by atoms with E-state index >= 15 is 0 Å². The van der Waals surface area contributed by atoms with Gasteiger partial charge in [0.2, 0.25) is 0 Å². The van der Waals surface area contributed by atoms with Gasteiger partial charge < -0.3 is 0 Å². The molecule has 0 spiro atoms. The standard InChI is InChI=1S/C14H21Br/c1-11(2)10-13-4-6-14(7-5-13)12(3)8-9-15/h4-7,11-12H,8-10H2,1-3H3. The Kier molecular flexibility index (Phi) is 5.38. The summed E-state index contributed by atoms with van der Waals surface area (Å²) in [6.45, 7) is 6.82. The van der Waals surface area contributed by atoms with E-state index in [1.165, 1.54) is 24.0 Å². The van der Waals surface area contributed by atoms with Gasteiger partial charge in [0.1, 0.15) is 0 Å². The zero-order valence-electron chi connectivity index (χ0n) is 9.96. The molecule has 0 saturated carbocycles. The lowest BCUT2D eigenvalue weighted by Gasteiger charge is -2.11. The Labute approximate surface area is 102 Å². The second-order valence-corrected chi connectivity index (χ2v) is 5.51. The summed E-state index contributed by atoms with van der Waals surface area (Å²) < 4.78 is 0. The molecule has 84 valence electrons. The zero-order chi connectivity index (χ0) is 11.3. The van der Waals surface area contributed by atoms with Crippen molar-refractivity contribution in [2.75, 3.05) is 5.33 Å². The van der Waals surface area contributed by atoms with Crippen LogP contribution >= 0.6 is 15.9 Å². The summed E-state index contributed by atoms with van der Waals surface area (Å²) in [6, 6.07) is 9.12. The Morgan fingerprint density at radius 1 is 1.07 bits per heavy atom. The van der Waals surface area contributed by atoms with Crippen LogP contribution < -0.4 is 0 Å². The van der Waals surface area contributed by atoms with Gasteiger partial charge in [-0.25, -0.2) is 0 Å². The summed E-state index contributed by atoms with van der Waals surface area (Å²) in [7, 11) is 0. The molecule has 0 nitrogen and oxygen atoms in total. The smallest absolute Gasteiger partial charge is 0.00370 e. The van der Waals surface area contributed by atoms with E-state index in [0.717, 1.165) is 11.2 Å². The summed E-state index contributed by atoms with van der Waals surface area (Å²) in [5.41, 5.74) is 2.92. The molecule has 1 atom stereocenters. The minimum absolute atomic E-state index is 0.664. The second kappa shape index (κ2) is 6.32. The first-order valence-electron chi connectivity index (χ1n) is 5.78. The number of rotatable bonds is 5. The summed E-state index contributed by atoms with van der Waals surface area (Å²) in [4.78, 5) is 0. The van der Waals surface area contributed by atoms with Crippen LogP contribution in [0.3, 0.4) is 0 Å². The third kappa shape index (κ3) is 4.38. The highest BCUT2D eigenvalue weighted by atomic mass is 79.9. The molecule has 0 aliphatic heterocycles. The Morgan fingerprint density at radius 2 is 1.67 bits per heavy atom. The molecule has 0 aliphatic rings. The Bertz CT molecular complexity index is 274. The summed E-state index contributed by atoms with van der Waals surface area (Å²) in [5.74, 6) is 1.41. The monoisotopic (exact) mass is 268 g/mol. The van der Waals surface area contributed by atoms with Crippen LogP contribution in [0.2, 0.25) is 0 Å². The van der Waals surface area contributed by atoms with Crippen molar-refractivity contribution in [3.63, 3.8) is 0 Å². The van der Waals surface area contributed by atoms with Gasteiger partial charge in [0.25, 0.3) is 0 Å². The maximum Gasteiger partial charge on any atom is 0.00370 e. The lowest BCUT2D eigenvalue weighted by atomic mass is 9.95. The SMILES string of the molecule is CC(C)Cc1ccc(C(C)CCBr)cc1. The molecule has 0 saturated heterocycles. The highest BCUT2D eigenvalue weighted by Crippen LogP contribution is 2.20. The first-order valence-corrected chi connectivity index (χ1v) is 6.90. The third-order valence-corrected chi connectivity index (χ3v) is 3.19. The van der Waals surface area contributed by atoms with Crippen LogP contribution in [0, 0.1) is 5.92 Å². The van der Waals surface area contributed by atoms with Gasteiger partial charge in [-0.2, -0.15) is 0 Å². The van der Waals surface area contributed by atoms with Crippen molar-refractivity contribution in [2.24, 2.45) is 5.92 Å². The van der Waals surface area contributed by atoms with E-state index in [0.29, 0.717) is 5.92 Å². The van der Waals surface area contributed by atoms with Gasteiger partial charge in [-0.05, 0) is 35.8 Å². The molecule has 0 aromatic heterocycles. The van der Waals surface area contributed by atoms with Crippen LogP contribution in [0.1, 0.15) is 44.2 Å². The molecule has 0 heterocycles. The summed E-state index contributed by atoms with van der Waals surface area (Å²) >= 11 is 3.49. The lowest BCUT2D eigenvalue weighted by molar-refractivity contribution is 0.646. The maximum atomic E-state index is 3.49. The molecule has 0 radical (unpaired) electrons. The van der Waals surface area contributed by atoms with E-state index in [1.807, 2.05) is 0 Å². The zero-order valence-corrected chi connectivity index (χ0v) is 11.5. The van der Waals surface area contributed by atoms with E-state index in [-0.39, 0.29) is 0 Å². The van der Waals surface area contributed by atoms with Crippen LogP contribution in [-0.2, 0) is 6.42 Å². The molecule has 0 N–H and O–H groups in total. The predicted octanol–water partition coefficient (Wildman–Crippen LogP) is 4.77. The van der Waals surface area contributed by atoms with Gasteiger partial charge in [0.15, 0.2) is 0 Å². The number of halogens is 1. The first-order chi connectivity index (χ1) is 7.13. The molecule has 1 aromatic rings. The van der Waals surface area contributed by atoms with Crippen LogP contribution in [0.25, 0.3) is 0 Å². The molecule has 0 fully saturated rings. The number of alkyl halides is 1. The van der Waals surface area contributed by atoms with Gasteiger partial charge in [-0.1, -0.05) is 61.0 Å². The fourth-order valence-corrected chi connectivity index (χ4v) is 2.47. The van der Waals surface area contributed by atoms with Crippen molar-refractivity contribution in [3.05, 3.63) is 35.4 Å². The van der Waals surface area contributed by atoms with Crippen molar-refractivity contribution >= 4 is 15.9 Å². The lowest BCUT2D eigenvalue weighted by Crippen LogP contribution is -1.97. The van der Waals surface area contributed by atoms with Crippen molar-refractivity contribution in [1.29, 1.82) is 0 Å². The molecule has 1 aromatic carbocycles. The second-order valence-electron chi connectivity index (χ2n) is 4.72. The third-order valence-electron chi connectivity index (χ3n) is 2.73. The normalized spacial score (nSPS) is 13.1. The van der Waals surface area contributed by atoms with E-state index < -0.39 is 0 Å². The van der Waals surface area contributed by atoms with Gasteiger partial charge >= 0.3 is 0 Å². The van der Waals surface area contributed by atoms with E-state index in [2.05, 4.69) is 61.0 Å². The molecule has 1 rings (SSSR count). The van der Waals surface area contributed by atoms with Gasteiger partial charge in [0.05, 0.1) is 0 Å². The van der Waals surface area contributed by atoms with Crippen LogP contribution in [0.5, 0.6) is 0 Å². The molecule has 15 heavy (non-hydrogen) atoms. The minimum Gasteiger partial charge on any atom is -0.0928 e. The molecule has 0 bridgehead atoms. The predicted molar refractivity (Wildman–Crippen MR) is 71.8 cm³/mol. The van der Waals surface area contributed by atoms with Crippen LogP contribution in [0.15, 0.2) is 24.3 Å². The number of hydrogen-bond donors (Lipinski definition) is 0. The highest BCUT2D eigenvalue weighted by Gasteiger charge is 2.04. The molecule has 1 heteroatoms. The molecular weight excluding hydrogens is 248 g/mol. The topological polar surface area (TPSA) is 0 Å². The van der Waals surface area contributed by atoms with Crippen LogP contribution in [-0.4, -0.2) is 5.33 Å². The van der Waals surface area contributed by atoms with Crippen LogP contribution in [0.4, 0.5) is 0 Å². The van der Waals surface area contributed by atoms with Crippen molar-refractivity contribution in [3.8, 4) is 0 Å². The molecule has 0 amide bonds. The Balaban J connectivity index is 2.63. The first kappa shape index (κ1) is 12.8. The van der Waals surface area contributed by atoms with Gasteiger partial charge in [-0.3, -0.25) is 0 Å². The molecule has 0 aliphatic carbocycles. The Hall–Kier alpha value is -0.300. The molecular formula is C14H21Br. The van der Waals surface area contributed by atoms with E-state index in [9.17, 15) is 0 Å². The summed E-state index contributed by atoms with van der Waals surface area (Å²) in [6.07, 6.45) is 2.40. The number of hydrogen-bond acceptors (Lipinski definition) is 0. The van der Waals surface area contributed by atoms with E-state index in [1.54, 1.807) is 0 Å². The van der Waals surface area contributed by atoms with E-state index in [4.69, 9.17) is 0 Å².